The lowest BCUT2D eigenvalue weighted by Gasteiger charge is -2.49. The average molecular weight is 294 g/mol. The number of aryl methyl sites for hydroxylation is 2. The second kappa shape index (κ2) is 5.25. The van der Waals surface area contributed by atoms with E-state index in [-0.39, 0.29) is 0 Å². The van der Waals surface area contributed by atoms with E-state index in [4.69, 9.17) is 0 Å². The zero-order valence-electron chi connectivity index (χ0n) is 14.5. The lowest BCUT2D eigenvalue weighted by atomic mass is 9.55. The van der Waals surface area contributed by atoms with Gasteiger partial charge in [-0.25, -0.2) is 0 Å². The molecular weight excluding hydrogens is 264 g/mol. The molecule has 0 spiro atoms. The quantitative estimate of drug-likeness (QED) is 0.542. The Balaban J connectivity index is 1.69. The molecule has 0 saturated heterocycles. The monoisotopic (exact) mass is 294 g/mol. The number of hydrogen-bond donors (Lipinski definition) is 0. The highest BCUT2D eigenvalue weighted by atomic mass is 14.6. The van der Waals surface area contributed by atoms with Crippen molar-refractivity contribution in [1.82, 2.24) is 0 Å². The lowest BCUT2D eigenvalue weighted by molar-refractivity contribution is 0.0813. The molecule has 0 radical (unpaired) electrons. The number of allylic oxidation sites excluding steroid dienone is 2. The smallest absolute Gasteiger partial charge is 0.00850 e. The lowest BCUT2D eigenvalue weighted by Crippen LogP contribution is -2.40. The standard InChI is InChI=1S/C22H30/c1-4-5-17-8-11-21-20-10-7-16-14-15(2)6-9-18(16)19(20)12-13-22(17,21)3/h5-6,9,14,19-21H,4,7-8,10-13H2,1-3H3/t19?,20?,21?,22-/m1/s1. The molecule has 0 heteroatoms. The van der Waals surface area contributed by atoms with Crippen molar-refractivity contribution in [2.75, 3.05) is 0 Å². The summed E-state index contributed by atoms with van der Waals surface area (Å²) in [6, 6.07) is 7.25. The van der Waals surface area contributed by atoms with Crippen molar-refractivity contribution in [2.45, 2.75) is 71.6 Å². The molecule has 3 aliphatic rings. The molecule has 0 nitrogen and oxygen atoms in total. The van der Waals surface area contributed by atoms with Crippen molar-refractivity contribution >= 4 is 0 Å². The summed E-state index contributed by atoms with van der Waals surface area (Å²) in [6.45, 7) is 7.13. The van der Waals surface area contributed by atoms with Gasteiger partial charge in [-0.05, 0) is 86.2 Å². The van der Waals surface area contributed by atoms with Crippen LogP contribution in [0.5, 0.6) is 0 Å². The molecule has 0 N–H and O–H groups in total. The summed E-state index contributed by atoms with van der Waals surface area (Å²) in [4.78, 5) is 0. The Labute approximate surface area is 136 Å². The molecule has 1 aromatic carbocycles. The first-order valence-corrected chi connectivity index (χ1v) is 9.42. The number of rotatable bonds is 1. The Morgan fingerprint density at radius 3 is 2.86 bits per heavy atom. The Hall–Kier alpha value is -1.04. The minimum atomic E-state index is 0.527. The summed E-state index contributed by atoms with van der Waals surface area (Å²) in [5, 5.41) is 0. The van der Waals surface area contributed by atoms with Crippen LogP contribution in [0.1, 0.15) is 75.0 Å². The summed E-state index contributed by atoms with van der Waals surface area (Å²) >= 11 is 0. The third kappa shape index (κ3) is 2.02. The van der Waals surface area contributed by atoms with Gasteiger partial charge in [0.2, 0.25) is 0 Å². The molecule has 1 aromatic rings. The van der Waals surface area contributed by atoms with Crippen LogP contribution < -0.4 is 0 Å². The van der Waals surface area contributed by atoms with Gasteiger partial charge in [0.1, 0.15) is 0 Å². The van der Waals surface area contributed by atoms with Gasteiger partial charge in [-0.1, -0.05) is 49.3 Å². The molecule has 0 aliphatic heterocycles. The summed E-state index contributed by atoms with van der Waals surface area (Å²) in [6.07, 6.45) is 12.2. The van der Waals surface area contributed by atoms with Gasteiger partial charge in [0.05, 0.1) is 0 Å². The van der Waals surface area contributed by atoms with Crippen LogP contribution in [0.25, 0.3) is 0 Å². The fraction of sp³-hybridized carbons (Fsp3) is 0.636. The minimum absolute atomic E-state index is 0.527. The molecule has 22 heavy (non-hydrogen) atoms. The molecule has 118 valence electrons. The van der Waals surface area contributed by atoms with Crippen molar-refractivity contribution in [3.05, 3.63) is 46.5 Å². The Bertz CT molecular complexity index is 608. The topological polar surface area (TPSA) is 0 Å². The van der Waals surface area contributed by atoms with Gasteiger partial charge < -0.3 is 0 Å². The summed E-state index contributed by atoms with van der Waals surface area (Å²) in [5.41, 5.74) is 7.13. The first kappa shape index (κ1) is 14.5. The fourth-order valence-electron chi connectivity index (χ4n) is 6.14. The second-order valence-electron chi connectivity index (χ2n) is 8.25. The van der Waals surface area contributed by atoms with Crippen molar-refractivity contribution < 1.29 is 0 Å². The molecule has 3 unspecified atom stereocenters. The van der Waals surface area contributed by atoms with E-state index in [0.717, 1.165) is 17.8 Å². The van der Waals surface area contributed by atoms with Crippen molar-refractivity contribution in [1.29, 1.82) is 0 Å². The maximum atomic E-state index is 2.59. The summed E-state index contributed by atoms with van der Waals surface area (Å²) in [5.74, 6) is 2.73. The maximum Gasteiger partial charge on any atom is -0.00850 e. The zero-order valence-corrected chi connectivity index (χ0v) is 14.5. The van der Waals surface area contributed by atoms with Gasteiger partial charge in [0.15, 0.2) is 0 Å². The molecule has 0 amide bonds. The second-order valence-corrected chi connectivity index (χ2v) is 8.25. The van der Waals surface area contributed by atoms with Gasteiger partial charge in [-0.3, -0.25) is 0 Å². The zero-order chi connectivity index (χ0) is 15.3. The van der Waals surface area contributed by atoms with E-state index in [2.05, 4.69) is 45.0 Å². The normalized spacial score (nSPS) is 38.5. The van der Waals surface area contributed by atoms with Crippen LogP contribution in [0.3, 0.4) is 0 Å². The van der Waals surface area contributed by atoms with Gasteiger partial charge in [0, 0.05) is 0 Å². The highest BCUT2D eigenvalue weighted by Gasteiger charge is 2.52. The van der Waals surface area contributed by atoms with E-state index < -0.39 is 0 Å². The molecule has 0 aromatic heterocycles. The van der Waals surface area contributed by atoms with Crippen LogP contribution in [0.4, 0.5) is 0 Å². The van der Waals surface area contributed by atoms with E-state index in [9.17, 15) is 0 Å². The van der Waals surface area contributed by atoms with Gasteiger partial charge >= 0.3 is 0 Å². The molecule has 2 fully saturated rings. The molecule has 4 rings (SSSR count). The predicted octanol–water partition coefficient (Wildman–Crippen LogP) is 6.19. The van der Waals surface area contributed by atoms with Gasteiger partial charge in [-0.2, -0.15) is 0 Å². The highest BCUT2D eigenvalue weighted by Crippen LogP contribution is 2.62. The van der Waals surface area contributed by atoms with E-state index in [1.807, 2.05) is 0 Å². The SMILES string of the molecule is CCC=C1CCC2C3CCc4cc(C)ccc4C3CC[C@]12C. The highest BCUT2D eigenvalue weighted by molar-refractivity contribution is 5.38. The van der Waals surface area contributed by atoms with Crippen molar-refractivity contribution in [3.8, 4) is 0 Å². The molecular formula is C22H30. The minimum Gasteiger partial charge on any atom is -0.0850 e. The predicted molar refractivity (Wildman–Crippen MR) is 94.2 cm³/mol. The molecule has 4 atom stereocenters. The average Bonchev–Trinajstić information content (AvgIpc) is 2.84. The van der Waals surface area contributed by atoms with Crippen LogP contribution in [-0.4, -0.2) is 0 Å². The van der Waals surface area contributed by atoms with Crippen LogP contribution >= 0.6 is 0 Å². The summed E-state index contributed by atoms with van der Waals surface area (Å²) < 4.78 is 0. The molecule has 3 aliphatic carbocycles. The van der Waals surface area contributed by atoms with Crippen LogP contribution in [0.15, 0.2) is 29.8 Å². The third-order valence-electron chi connectivity index (χ3n) is 7.18. The van der Waals surface area contributed by atoms with Gasteiger partial charge in [-0.15, -0.1) is 0 Å². The first-order valence-electron chi connectivity index (χ1n) is 9.42. The van der Waals surface area contributed by atoms with E-state index in [1.54, 1.807) is 16.7 Å². The van der Waals surface area contributed by atoms with Gasteiger partial charge in [0.25, 0.3) is 0 Å². The Morgan fingerprint density at radius 2 is 2.05 bits per heavy atom. The number of hydrogen-bond acceptors (Lipinski definition) is 0. The van der Waals surface area contributed by atoms with E-state index >= 15 is 0 Å². The van der Waals surface area contributed by atoms with Crippen LogP contribution in [-0.2, 0) is 6.42 Å². The number of fused-ring (bicyclic) bond motifs is 5. The Morgan fingerprint density at radius 1 is 1.18 bits per heavy atom. The molecule has 0 heterocycles. The maximum absolute atomic E-state index is 2.59. The van der Waals surface area contributed by atoms with E-state index in [0.29, 0.717) is 5.41 Å². The van der Waals surface area contributed by atoms with Crippen LogP contribution in [0, 0.1) is 24.2 Å². The fourth-order valence-corrected chi connectivity index (χ4v) is 6.14. The van der Waals surface area contributed by atoms with E-state index in [1.165, 1.54) is 50.5 Å². The number of benzene rings is 1. The largest absolute Gasteiger partial charge is 0.0850 e. The molecule has 0 bridgehead atoms. The first-order chi connectivity index (χ1) is 10.6. The van der Waals surface area contributed by atoms with Crippen LogP contribution in [0.2, 0.25) is 0 Å². The van der Waals surface area contributed by atoms with Crippen molar-refractivity contribution in [2.24, 2.45) is 17.3 Å². The third-order valence-corrected chi connectivity index (χ3v) is 7.18. The molecule has 2 saturated carbocycles. The Kier molecular flexibility index (Phi) is 3.47. The summed E-state index contributed by atoms with van der Waals surface area (Å²) in [7, 11) is 0. The van der Waals surface area contributed by atoms with Crippen molar-refractivity contribution in [3.63, 3.8) is 0 Å².